The summed E-state index contributed by atoms with van der Waals surface area (Å²) in [6, 6.07) is 6.44. The minimum atomic E-state index is -3.51. The lowest BCUT2D eigenvalue weighted by molar-refractivity contribution is -0.121. The number of carbonyl (C=O) groups is 1. The topological polar surface area (TPSA) is 84.5 Å². The molecule has 0 saturated carbocycles. The van der Waals surface area contributed by atoms with E-state index in [0.29, 0.717) is 25.5 Å². The minimum Gasteiger partial charge on any atom is -0.383 e. The number of benzene rings is 1. The first kappa shape index (κ1) is 18.6. The van der Waals surface area contributed by atoms with E-state index in [2.05, 4.69) is 10.0 Å². The van der Waals surface area contributed by atoms with Crippen LogP contribution >= 0.6 is 0 Å². The van der Waals surface area contributed by atoms with E-state index < -0.39 is 10.0 Å². The van der Waals surface area contributed by atoms with Crippen molar-refractivity contribution in [2.24, 2.45) is 5.92 Å². The van der Waals surface area contributed by atoms with Crippen LogP contribution in [0.2, 0.25) is 0 Å². The smallest absolute Gasteiger partial charge is 0.240 e. The Kier molecular flexibility index (Phi) is 7.50. The molecule has 1 aromatic rings. The lowest BCUT2D eigenvalue weighted by Gasteiger charge is -2.09. The summed E-state index contributed by atoms with van der Waals surface area (Å²) in [6.07, 6.45) is 0.482. The number of ether oxygens (including phenoxy) is 1. The number of hydrogen-bond donors (Lipinski definition) is 2. The third kappa shape index (κ3) is 6.55. The first-order chi connectivity index (χ1) is 10.3. The van der Waals surface area contributed by atoms with Crippen LogP contribution in [0.25, 0.3) is 0 Å². The normalized spacial score (nSPS) is 11.6. The Bertz CT molecular complexity index is 568. The van der Waals surface area contributed by atoms with Crippen LogP contribution in [0.4, 0.5) is 0 Å². The summed E-state index contributed by atoms with van der Waals surface area (Å²) in [7, 11) is -2.00. The van der Waals surface area contributed by atoms with Gasteiger partial charge in [-0.3, -0.25) is 4.79 Å². The molecule has 2 N–H and O–H groups in total. The Morgan fingerprint density at radius 1 is 1.23 bits per heavy atom. The predicted molar refractivity (Wildman–Crippen MR) is 84.8 cm³/mol. The third-order valence-corrected chi connectivity index (χ3v) is 4.39. The first-order valence-electron chi connectivity index (χ1n) is 7.19. The molecule has 1 rings (SSSR count). The number of sulfonamides is 1. The van der Waals surface area contributed by atoms with Crippen LogP contribution in [0, 0.1) is 5.92 Å². The molecule has 0 fully saturated rings. The largest absolute Gasteiger partial charge is 0.383 e. The van der Waals surface area contributed by atoms with Crippen molar-refractivity contribution in [1.29, 1.82) is 0 Å². The van der Waals surface area contributed by atoms with Crippen molar-refractivity contribution in [2.75, 3.05) is 20.3 Å². The van der Waals surface area contributed by atoms with Gasteiger partial charge in [-0.05, 0) is 23.6 Å². The number of carbonyl (C=O) groups excluding carboxylic acids is 1. The average Bonchev–Trinajstić information content (AvgIpc) is 2.45. The molecule has 0 aliphatic carbocycles. The van der Waals surface area contributed by atoms with Gasteiger partial charge in [0.05, 0.1) is 11.5 Å². The molecule has 0 aliphatic rings. The Morgan fingerprint density at radius 2 is 1.86 bits per heavy atom. The highest BCUT2D eigenvalue weighted by atomic mass is 32.2. The number of amides is 1. The van der Waals surface area contributed by atoms with Crippen molar-refractivity contribution in [1.82, 2.24) is 10.0 Å². The van der Waals surface area contributed by atoms with E-state index in [1.807, 2.05) is 13.8 Å². The molecule has 0 atom stereocenters. The van der Waals surface area contributed by atoms with Crippen molar-refractivity contribution in [3.8, 4) is 0 Å². The van der Waals surface area contributed by atoms with Gasteiger partial charge in [0.25, 0.3) is 0 Å². The number of nitrogens with one attached hydrogen (secondary N) is 2. The summed E-state index contributed by atoms with van der Waals surface area (Å²) in [5.74, 6) is 0.304. The van der Waals surface area contributed by atoms with Gasteiger partial charge in [0, 0.05) is 26.6 Å². The second-order valence-electron chi connectivity index (χ2n) is 5.41. The molecule has 0 saturated heterocycles. The van der Waals surface area contributed by atoms with Crippen LogP contribution in [0.3, 0.4) is 0 Å². The fraction of sp³-hybridized carbons (Fsp3) is 0.533. The van der Waals surface area contributed by atoms with E-state index in [-0.39, 0.29) is 17.3 Å². The summed E-state index contributed by atoms with van der Waals surface area (Å²) >= 11 is 0. The zero-order valence-corrected chi connectivity index (χ0v) is 14.1. The quantitative estimate of drug-likeness (QED) is 0.669. The highest BCUT2D eigenvalue weighted by Crippen LogP contribution is 2.10. The van der Waals surface area contributed by atoms with Crippen LogP contribution in [0.15, 0.2) is 29.2 Å². The first-order valence-corrected chi connectivity index (χ1v) is 8.67. The van der Waals surface area contributed by atoms with Crippen molar-refractivity contribution >= 4 is 15.9 Å². The molecule has 0 heterocycles. The average molecular weight is 328 g/mol. The minimum absolute atomic E-state index is 0.00655. The third-order valence-electron chi connectivity index (χ3n) is 2.92. The van der Waals surface area contributed by atoms with Gasteiger partial charge >= 0.3 is 0 Å². The molecule has 124 valence electrons. The fourth-order valence-corrected chi connectivity index (χ4v) is 2.80. The number of hydrogen-bond acceptors (Lipinski definition) is 4. The van der Waals surface area contributed by atoms with Crippen LogP contribution in [-0.2, 0) is 26.1 Å². The lowest BCUT2D eigenvalue weighted by atomic mass is 10.1. The van der Waals surface area contributed by atoms with Crippen molar-refractivity contribution in [2.45, 2.75) is 31.7 Å². The molecule has 0 unspecified atom stereocenters. The maximum absolute atomic E-state index is 12.0. The maximum Gasteiger partial charge on any atom is 0.240 e. The predicted octanol–water partition coefficient (Wildman–Crippen LogP) is 1.27. The van der Waals surface area contributed by atoms with Crippen LogP contribution in [0.5, 0.6) is 0 Å². The second-order valence-corrected chi connectivity index (χ2v) is 7.18. The molecule has 1 aromatic carbocycles. The molecule has 0 aromatic heterocycles. The Labute approximate surface area is 132 Å². The van der Waals surface area contributed by atoms with Crippen molar-refractivity contribution in [3.63, 3.8) is 0 Å². The SMILES string of the molecule is COCCNS(=O)(=O)c1ccc(CNC(=O)CC(C)C)cc1. The molecular weight excluding hydrogens is 304 g/mol. The monoisotopic (exact) mass is 328 g/mol. The lowest BCUT2D eigenvalue weighted by Crippen LogP contribution is -2.27. The van der Waals surface area contributed by atoms with E-state index in [1.165, 1.54) is 19.2 Å². The molecule has 1 amide bonds. The molecule has 0 bridgehead atoms. The molecule has 7 heteroatoms. The summed E-state index contributed by atoms with van der Waals surface area (Å²) in [6.45, 7) is 4.90. The standard InChI is InChI=1S/C15H24N2O4S/c1-12(2)10-15(18)16-11-13-4-6-14(7-5-13)22(19,20)17-8-9-21-3/h4-7,12,17H,8-11H2,1-3H3,(H,16,18). The highest BCUT2D eigenvalue weighted by Gasteiger charge is 2.13. The molecule has 6 nitrogen and oxygen atoms in total. The van der Waals surface area contributed by atoms with E-state index in [4.69, 9.17) is 4.74 Å². The summed E-state index contributed by atoms with van der Waals surface area (Å²) in [4.78, 5) is 11.8. The van der Waals surface area contributed by atoms with Crippen LogP contribution in [-0.4, -0.2) is 34.6 Å². The highest BCUT2D eigenvalue weighted by molar-refractivity contribution is 7.89. The van der Waals surface area contributed by atoms with Gasteiger partial charge in [0.2, 0.25) is 15.9 Å². The fourth-order valence-electron chi connectivity index (χ4n) is 1.79. The van der Waals surface area contributed by atoms with Crippen LogP contribution < -0.4 is 10.0 Å². The van der Waals surface area contributed by atoms with Gasteiger partial charge in [-0.2, -0.15) is 0 Å². The van der Waals surface area contributed by atoms with Gasteiger partial charge in [-0.25, -0.2) is 13.1 Å². The zero-order chi connectivity index (χ0) is 16.6. The Hall–Kier alpha value is -1.44. The summed E-state index contributed by atoms with van der Waals surface area (Å²) < 4.78 is 31.2. The van der Waals surface area contributed by atoms with Crippen molar-refractivity contribution < 1.29 is 17.9 Å². The van der Waals surface area contributed by atoms with Gasteiger partial charge in [-0.1, -0.05) is 26.0 Å². The van der Waals surface area contributed by atoms with Gasteiger partial charge < -0.3 is 10.1 Å². The van der Waals surface area contributed by atoms with E-state index in [0.717, 1.165) is 5.56 Å². The van der Waals surface area contributed by atoms with E-state index in [1.54, 1.807) is 12.1 Å². The maximum atomic E-state index is 12.0. The number of rotatable bonds is 9. The van der Waals surface area contributed by atoms with E-state index in [9.17, 15) is 13.2 Å². The van der Waals surface area contributed by atoms with Gasteiger partial charge in [0.1, 0.15) is 0 Å². The number of methoxy groups -OCH3 is 1. The Morgan fingerprint density at radius 3 is 2.41 bits per heavy atom. The molecule has 22 heavy (non-hydrogen) atoms. The van der Waals surface area contributed by atoms with Gasteiger partial charge in [0.15, 0.2) is 0 Å². The molecule has 0 radical (unpaired) electrons. The van der Waals surface area contributed by atoms with Crippen molar-refractivity contribution in [3.05, 3.63) is 29.8 Å². The zero-order valence-electron chi connectivity index (χ0n) is 13.3. The molecular formula is C15H24N2O4S. The van der Waals surface area contributed by atoms with Crippen LogP contribution in [0.1, 0.15) is 25.8 Å². The summed E-state index contributed by atoms with van der Waals surface area (Å²) in [5, 5.41) is 2.81. The van der Waals surface area contributed by atoms with E-state index >= 15 is 0 Å². The van der Waals surface area contributed by atoms with Gasteiger partial charge in [-0.15, -0.1) is 0 Å². The second kappa shape index (κ2) is 8.87. The Balaban J connectivity index is 2.57. The molecule has 0 spiro atoms. The summed E-state index contributed by atoms with van der Waals surface area (Å²) in [5.41, 5.74) is 0.855. The molecule has 0 aliphatic heterocycles.